The lowest BCUT2D eigenvalue weighted by atomic mass is 10.2. The molecule has 0 bridgehead atoms. The van der Waals surface area contributed by atoms with Crippen LogP contribution in [-0.2, 0) is 14.2 Å². The molecular weight excluding hydrogens is 182 g/mol. The van der Waals surface area contributed by atoms with Gasteiger partial charge >= 0.3 is 0 Å². The second kappa shape index (κ2) is 9.40. The fraction of sp³-hybridized carbons (Fsp3) is 1.00. The maximum atomic E-state index is 5.11. The van der Waals surface area contributed by atoms with Crippen LogP contribution in [0.1, 0.15) is 19.8 Å². The van der Waals surface area contributed by atoms with Crippen molar-refractivity contribution in [2.24, 2.45) is 0 Å². The van der Waals surface area contributed by atoms with E-state index in [2.05, 4.69) is 12.2 Å². The van der Waals surface area contributed by atoms with Crippen LogP contribution in [0.25, 0.3) is 0 Å². The van der Waals surface area contributed by atoms with Crippen LogP contribution in [0.3, 0.4) is 0 Å². The second-order valence-electron chi connectivity index (χ2n) is 3.25. The second-order valence-corrected chi connectivity index (χ2v) is 3.25. The lowest BCUT2D eigenvalue weighted by Gasteiger charge is -2.20. The van der Waals surface area contributed by atoms with Crippen LogP contribution in [0.2, 0.25) is 0 Å². The van der Waals surface area contributed by atoms with Crippen molar-refractivity contribution in [3.63, 3.8) is 0 Å². The van der Waals surface area contributed by atoms with Gasteiger partial charge in [0, 0.05) is 33.9 Å². The standard InChI is InChI=1S/C10H23NO3/c1-5-6-9(8-12-2)11-7-10(13-3)14-4/h9-11H,5-8H2,1-4H3. The van der Waals surface area contributed by atoms with Crippen molar-refractivity contribution in [3.05, 3.63) is 0 Å². The predicted molar refractivity (Wildman–Crippen MR) is 56.4 cm³/mol. The molecule has 4 nitrogen and oxygen atoms in total. The maximum Gasteiger partial charge on any atom is 0.169 e. The van der Waals surface area contributed by atoms with Crippen molar-refractivity contribution < 1.29 is 14.2 Å². The summed E-state index contributed by atoms with van der Waals surface area (Å²) < 4.78 is 15.3. The van der Waals surface area contributed by atoms with Gasteiger partial charge in [-0.2, -0.15) is 0 Å². The fourth-order valence-electron chi connectivity index (χ4n) is 1.32. The zero-order valence-corrected chi connectivity index (χ0v) is 9.71. The highest BCUT2D eigenvalue weighted by molar-refractivity contribution is 4.66. The monoisotopic (exact) mass is 205 g/mol. The molecule has 0 rings (SSSR count). The smallest absolute Gasteiger partial charge is 0.169 e. The van der Waals surface area contributed by atoms with Gasteiger partial charge in [0.05, 0.1) is 6.61 Å². The summed E-state index contributed by atoms with van der Waals surface area (Å²) in [6.45, 7) is 3.59. The largest absolute Gasteiger partial charge is 0.383 e. The van der Waals surface area contributed by atoms with Crippen LogP contribution >= 0.6 is 0 Å². The van der Waals surface area contributed by atoms with E-state index in [1.54, 1.807) is 21.3 Å². The third-order valence-electron chi connectivity index (χ3n) is 2.10. The van der Waals surface area contributed by atoms with Crippen molar-refractivity contribution in [3.8, 4) is 0 Å². The van der Waals surface area contributed by atoms with Crippen LogP contribution in [0, 0.1) is 0 Å². The van der Waals surface area contributed by atoms with Gasteiger partial charge in [-0.1, -0.05) is 13.3 Å². The number of nitrogens with one attached hydrogen (secondary N) is 1. The first-order valence-electron chi connectivity index (χ1n) is 5.06. The summed E-state index contributed by atoms with van der Waals surface area (Å²) in [6, 6.07) is 0.387. The number of hydrogen-bond acceptors (Lipinski definition) is 4. The SMILES string of the molecule is CCCC(COC)NCC(OC)OC. The molecule has 1 N–H and O–H groups in total. The molecule has 0 radical (unpaired) electrons. The lowest BCUT2D eigenvalue weighted by molar-refractivity contribution is -0.101. The molecule has 14 heavy (non-hydrogen) atoms. The minimum absolute atomic E-state index is 0.175. The number of ether oxygens (including phenoxy) is 3. The number of hydrogen-bond donors (Lipinski definition) is 1. The quantitative estimate of drug-likeness (QED) is 0.570. The maximum absolute atomic E-state index is 5.11. The number of rotatable bonds is 9. The van der Waals surface area contributed by atoms with Gasteiger partial charge in [0.2, 0.25) is 0 Å². The van der Waals surface area contributed by atoms with E-state index >= 15 is 0 Å². The summed E-state index contributed by atoms with van der Waals surface area (Å²) in [5.74, 6) is 0. The molecule has 0 fully saturated rings. The average Bonchev–Trinajstić information content (AvgIpc) is 2.20. The zero-order chi connectivity index (χ0) is 10.8. The van der Waals surface area contributed by atoms with Crippen LogP contribution in [0.5, 0.6) is 0 Å². The summed E-state index contributed by atoms with van der Waals surface area (Å²) in [5.41, 5.74) is 0. The van der Waals surface area contributed by atoms with Crippen molar-refractivity contribution in [2.45, 2.75) is 32.1 Å². The van der Waals surface area contributed by atoms with E-state index in [-0.39, 0.29) is 6.29 Å². The van der Waals surface area contributed by atoms with E-state index in [4.69, 9.17) is 14.2 Å². The average molecular weight is 205 g/mol. The van der Waals surface area contributed by atoms with Gasteiger partial charge in [0.1, 0.15) is 0 Å². The molecule has 0 saturated heterocycles. The normalized spacial score (nSPS) is 13.5. The molecule has 0 aromatic rings. The van der Waals surface area contributed by atoms with Gasteiger partial charge in [0.15, 0.2) is 6.29 Å². The topological polar surface area (TPSA) is 39.7 Å². The summed E-state index contributed by atoms with van der Waals surface area (Å²) in [6.07, 6.45) is 2.07. The first-order chi connectivity index (χ1) is 6.78. The lowest BCUT2D eigenvalue weighted by Crippen LogP contribution is -2.39. The van der Waals surface area contributed by atoms with Gasteiger partial charge in [-0.15, -0.1) is 0 Å². The van der Waals surface area contributed by atoms with Crippen LogP contribution in [-0.4, -0.2) is 46.8 Å². The predicted octanol–water partition coefficient (Wildman–Crippen LogP) is 1.01. The Morgan fingerprint density at radius 1 is 1.14 bits per heavy atom. The van der Waals surface area contributed by atoms with Crippen molar-refractivity contribution >= 4 is 0 Å². The Balaban J connectivity index is 3.67. The third kappa shape index (κ3) is 6.32. The highest BCUT2D eigenvalue weighted by atomic mass is 16.7. The molecule has 0 aromatic carbocycles. The summed E-state index contributed by atoms with van der Waals surface area (Å²) in [4.78, 5) is 0. The van der Waals surface area contributed by atoms with E-state index in [0.717, 1.165) is 19.4 Å². The zero-order valence-electron chi connectivity index (χ0n) is 9.71. The van der Waals surface area contributed by atoms with Crippen molar-refractivity contribution in [1.29, 1.82) is 0 Å². The van der Waals surface area contributed by atoms with Gasteiger partial charge in [-0.05, 0) is 6.42 Å². The van der Waals surface area contributed by atoms with Gasteiger partial charge in [-0.25, -0.2) is 0 Å². The molecule has 0 spiro atoms. The van der Waals surface area contributed by atoms with Crippen molar-refractivity contribution in [2.75, 3.05) is 34.5 Å². The van der Waals surface area contributed by atoms with E-state index in [1.807, 2.05) is 0 Å². The molecule has 0 saturated carbocycles. The van der Waals surface area contributed by atoms with E-state index in [1.165, 1.54) is 0 Å². The molecule has 0 aliphatic rings. The van der Waals surface area contributed by atoms with Crippen LogP contribution in [0.4, 0.5) is 0 Å². The van der Waals surface area contributed by atoms with Crippen molar-refractivity contribution in [1.82, 2.24) is 5.32 Å². The fourth-order valence-corrected chi connectivity index (χ4v) is 1.32. The summed E-state index contributed by atoms with van der Waals surface area (Å²) >= 11 is 0. The minimum atomic E-state index is -0.175. The molecule has 0 heterocycles. The van der Waals surface area contributed by atoms with Gasteiger partial charge in [-0.3, -0.25) is 0 Å². The number of methoxy groups -OCH3 is 3. The Labute approximate surface area is 86.9 Å². The Hall–Kier alpha value is -0.160. The van der Waals surface area contributed by atoms with Gasteiger partial charge in [0.25, 0.3) is 0 Å². The molecule has 0 aliphatic heterocycles. The molecule has 4 heteroatoms. The molecule has 86 valence electrons. The molecule has 1 unspecified atom stereocenters. The Bertz CT molecular complexity index is 112. The first-order valence-corrected chi connectivity index (χ1v) is 5.06. The molecule has 0 amide bonds. The van der Waals surface area contributed by atoms with E-state index < -0.39 is 0 Å². The summed E-state index contributed by atoms with van der Waals surface area (Å²) in [7, 11) is 5.00. The molecular formula is C10H23NO3. The molecule has 1 atom stereocenters. The summed E-state index contributed by atoms with van der Waals surface area (Å²) in [5, 5.41) is 3.35. The van der Waals surface area contributed by atoms with Crippen LogP contribution < -0.4 is 5.32 Å². The molecule has 0 aromatic heterocycles. The third-order valence-corrected chi connectivity index (χ3v) is 2.10. The Morgan fingerprint density at radius 2 is 1.79 bits per heavy atom. The Kier molecular flexibility index (Phi) is 9.29. The highest BCUT2D eigenvalue weighted by Crippen LogP contribution is 1.98. The van der Waals surface area contributed by atoms with Gasteiger partial charge < -0.3 is 19.5 Å². The minimum Gasteiger partial charge on any atom is -0.383 e. The van der Waals surface area contributed by atoms with E-state index in [9.17, 15) is 0 Å². The first kappa shape index (κ1) is 13.8. The van der Waals surface area contributed by atoms with E-state index in [0.29, 0.717) is 12.6 Å². The molecule has 0 aliphatic carbocycles. The van der Waals surface area contributed by atoms with Crippen LogP contribution in [0.15, 0.2) is 0 Å². The Morgan fingerprint density at radius 3 is 2.21 bits per heavy atom. The highest BCUT2D eigenvalue weighted by Gasteiger charge is 2.10.